The van der Waals surface area contributed by atoms with E-state index in [1.807, 2.05) is 20.8 Å². The number of hydrogen-bond donors (Lipinski definition) is 0. The molecule has 1 aliphatic heterocycles. The molecule has 1 unspecified atom stereocenters. The predicted octanol–water partition coefficient (Wildman–Crippen LogP) is 1.51. The summed E-state index contributed by atoms with van der Waals surface area (Å²) in [6.45, 7) is 9.38. The minimum Gasteiger partial charge on any atom is -0.456 e. The number of rotatable bonds is 0. The van der Waals surface area contributed by atoms with Gasteiger partial charge >= 0.3 is 5.97 Å². The number of ether oxygens (including phenoxy) is 1. The maximum absolute atomic E-state index is 10.9. The number of hydrogen-bond acceptors (Lipinski definition) is 2. The van der Waals surface area contributed by atoms with Crippen molar-refractivity contribution in [3.63, 3.8) is 0 Å². The van der Waals surface area contributed by atoms with E-state index in [0.29, 0.717) is 5.57 Å². The zero-order valence-electron chi connectivity index (χ0n) is 6.60. The Morgan fingerprint density at radius 1 is 1.60 bits per heavy atom. The van der Waals surface area contributed by atoms with E-state index in [1.54, 1.807) is 0 Å². The molecule has 0 saturated carbocycles. The molecule has 1 rings (SSSR count). The molecule has 1 heterocycles. The van der Waals surface area contributed by atoms with Crippen LogP contribution in [-0.2, 0) is 9.53 Å². The fraction of sp³-hybridized carbons (Fsp3) is 0.625. The number of esters is 1. The molecule has 0 aromatic heterocycles. The lowest BCUT2D eigenvalue weighted by Gasteiger charge is -2.20. The SMILES string of the molecule is C=C1C(=O)OC(C)(C)C1C. The number of cyclic esters (lactones) is 1. The van der Waals surface area contributed by atoms with Gasteiger partial charge in [0.05, 0.1) is 0 Å². The molecule has 2 heteroatoms. The van der Waals surface area contributed by atoms with Gasteiger partial charge in [-0.3, -0.25) is 0 Å². The molecule has 1 saturated heterocycles. The number of carbonyl (C=O) groups is 1. The molecule has 56 valence electrons. The number of carbonyl (C=O) groups excluding carboxylic acids is 1. The second-order valence-electron chi connectivity index (χ2n) is 3.24. The smallest absolute Gasteiger partial charge is 0.334 e. The lowest BCUT2D eigenvalue weighted by atomic mass is 9.90. The van der Waals surface area contributed by atoms with Gasteiger partial charge in [-0.1, -0.05) is 13.5 Å². The van der Waals surface area contributed by atoms with Crippen LogP contribution in [0.1, 0.15) is 20.8 Å². The minimum absolute atomic E-state index is 0.139. The molecule has 0 radical (unpaired) electrons. The van der Waals surface area contributed by atoms with Crippen molar-refractivity contribution in [1.82, 2.24) is 0 Å². The van der Waals surface area contributed by atoms with Gasteiger partial charge in [0.15, 0.2) is 0 Å². The van der Waals surface area contributed by atoms with Gasteiger partial charge in [0.25, 0.3) is 0 Å². The zero-order chi connectivity index (χ0) is 7.94. The average molecular weight is 140 g/mol. The van der Waals surface area contributed by atoms with Crippen LogP contribution in [0.2, 0.25) is 0 Å². The average Bonchev–Trinajstić information content (AvgIpc) is 1.95. The first-order valence-electron chi connectivity index (χ1n) is 3.37. The van der Waals surface area contributed by atoms with Crippen LogP contribution in [0.3, 0.4) is 0 Å². The Bertz CT molecular complexity index is 191. The first-order chi connectivity index (χ1) is 4.45. The molecule has 10 heavy (non-hydrogen) atoms. The lowest BCUT2D eigenvalue weighted by molar-refractivity contribution is -0.144. The largest absolute Gasteiger partial charge is 0.456 e. The maximum atomic E-state index is 10.9. The highest BCUT2D eigenvalue weighted by molar-refractivity contribution is 5.91. The third-order valence-corrected chi connectivity index (χ3v) is 2.18. The second-order valence-corrected chi connectivity index (χ2v) is 3.24. The fourth-order valence-electron chi connectivity index (χ4n) is 0.989. The third-order valence-electron chi connectivity index (χ3n) is 2.18. The summed E-state index contributed by atoms with van der Waals surface area (Å²) in [7, 11) is 0. The summed E-state index contributed by atoms with van der Waals surface area (Å²) in [6, 6.07) is 0. The molecule has 1 atom stereocenters. The van der Waals surface area contributed by atoms with Gasteiger partial charge in [0, 0.05) is 11.5 Å². The second kappa shape index (κ2) is 1.84. The van der Waals surface area contributed by atoms with Crippen molar-refractivity contribution in [2.24, 2.45) is 5.92 Å². The van der Waals surface area contributed by atoms with E-state index >= 15 is 0 Å². The monoisotopic (exact) mass is 140 g/mol. The van der Waals surface area contributed by atoms with Crippen LogP contribution >= 0.6 is 0 Å². The van der Waals surface area contributed by atoms with Crippen molar-refractivity contribution in [3.8, 4) is 0 Å². The molecule has 0 bridgehead atoms. The van der Waals surface area contributed by atoms with E-state index < -0.39 is 0 Å². The highest BCUT2D eigenvalue weighted by atomic mass is 16.6. The van der Waals surface area contributed by atoms with Crippen molar-refractivity contribution in [1.29, 1.82) is 0 Å². The third kappa shape index (κ3) is 0.838. The standard InChI is InChI=1S/C8H12O2/c1-5-6(2)8(3,4)10-7(5)9/h6H,1H2,2-4H3. The van der Waals surface area contributed by atoms with Crippen molar-refractivity contribution in [2.45, 2.75) is 26.4 Å². The Morgan fingerprint density at radius 3 is 2.20 bits per heavy atom. The van der Waals surface area contributed by atoms with Crippen LogP contribution in [0.25, 0.3) is 0 Å². The van der Waals surface area contributed by atoms with Crippen molar-refractivity contribution >= 4 is 5.97 Å². The van der Waals surface area contributed by atoms with Gasteiger partial charge in [-0.25, -0.2) is 4.79 Å². The van der Waals surface area contributed by atoms with Gasteiger partial charge in [-0.15, -0.1) is 0 Å². The van der Waals surface area contributed by atoms with Crippen LogP contribution in [0.15, 0.2) is 12.2 Å². The first-order valence-corrected chi connectivity index (χ1v) is 3.37. The van der Waals surface area contributed by atoms with E-state index in [-0.39, 0.29) is 17.5 Å². The van der Waals surface area contributed by atoms with E-state index in [9.17, 15) is 4.79 Å². The molecular weight excluding hydrogens is 128 g/mol. The highest BCUT2D eigenvalue weighted by Gasteiger charge is 2.41. The van der Waals surface area contributed by atoms with E-state index in [0.717, 1.165) is 0 Å². The van der Waals surface area contributed by atoms with E-state index in [1.165, 1.54) is 0 Å². The van der Waals surface area contributed by atoms with Crippen LogP contribution in [0.5, 0.6) is 0 Å². The van der Waals surface area contributed by atoms with Crippen molar-refractivity contribution < 1.29 is 9.53 Å². The summed E-state index contributed by atoms with van der Waals surface area (Å²) in [5, 5.41) is 0. The quantitative estimate of drug-likeness (QED) is 0.376. The van der Waals surface area contributed by atoms with Gasteiger partial charge in [0.2, 0.25) is 0 Å². The van der Waals surface area contributed by atoms with Gasteiger partial charge in [0.1, 0.15) is 5.60 Å². The fourth-order valence-corrected chi connectivity index (χ4v) is 0.989. The topological polar surface area (TPSA) is 26.3 Å². The first kappa shape index (κ1) is 7.32. The molecule has 1 fully saturated rings. The Hall–Kier alpha value is -0.790. The lowest BCUT2D eigenvalue weighted by Crippen LogP contribution is -2.25. The molecule has 0 N–H and O–H groups in total. The Morgan fingerprint density at radius 2 is 2.10 bits per heavy atom. The summed E-state index contributed by atoms with van der Waals surface area (Å²) < 4.78 is 5.03. The van der Waals surface area contributed by atoms with E-state index in [4.69, 9.17) is 4.74 Å². The molecule has 0 aromatic carbocycles. The molecule has 0 spiro atoms. The van der Waals surface area contributed by atoms with Gasteiger partial charge < -0.3 is 4.74 Å². The van der Waals surface area contributed by atoms with Crippen LogP contribution in [-0.4, -0.2) is 11.6 Å². The van der Waals surface area contributed by atoms with Crippen molar-refractivity contribution in [3.05, 3.63) is 12.2 Å². The summed E-state index contributed by atoms with van der Waals surface area (Å²) in [5.41, 5.74) is 0.235. The highest BCUT2D eigenvalue weighted by Crippen LogP contribution is 2.34. The summed E-state index contributed by atoms with van der Waals surface area (Å²) >= 11 is 0. The predicted molar refractivity (Wildman–Crippen MR) is 38.5 cm³/mol. The van der Waals surface area contributed by atoms with Gasteiger partial charge in [-0.2, -0.15) is 0 Å². The van der Waals surface area contributed by atoms with Gasteiger partial charge in [-0.05, 0) is 13.8 Å². The Labute approximate surface area is 60.9 Å². The molecular formula is C8H12O2. The molecule has 2 nitrogen and oxygen atoms in total. The van der Waals surface area contributed by atoms with Crippen LogP contribution in [0.4, 0.5) is 0 Å². The van der Waals surface area contributed by atoms with Crippen molar-refractivity contribution in [2.75, 3.05) is 0 Å². The maximum Gasteiger partial charge on any atom is 0.334 e. The molecule has 1 aliphatic rings. The zero-order valence-corrected chi connectivity index (χ0v) is 6.60. The minimum atomic E-state index is -0.353. The normalized spacial score (nSPS) is 30.5. The Balaban J connectivity index is 2.92. The molecule has 0 aromatic rings. The van der Waals surface area contributed by atoms with Crippen LogP contribution in [0, 0.1) is 5.92 Å². The summed E-state index contributed by atoms with van der Waals surface area (Å²) in [5.74, 6) is -0.113. The Kier molecular flexibility index (Phi) is 1.35. The summed E-state index contributed by atoms with van der Waals surface area (Å²) in [4.78, 5) is 10.9. The van der Waals surface area contributed by atoms with Crippen LogP contribution < -0.4 is 0 Å². The molecule has 0 aliphatic carbocycles. The van der Waals surface area contributed by atoms with E-state index in [2.05, 4.69) is 6.58 Å². The molecule has 0 amide bonds. The summed E-state index contributed by atoms with van der Waals surface area (Å²) in [6.07, 6.45) is 0.